The van der Waals surface area contributed by atoms with Gasteiger partial charge in [0.1, 0.15) is 17.7 Å². The normalized spacial score (nSPS) is 27.4. The van der Waals surface area contributed by atoms with Gasteiger partial charge in [-0.05, 0) is 83.6 Å². The zero-order valence-corrected chi connectivity index (χ0v) is 26.2. The Morgan fingerprint density at radius 2 is 1.81 bits per heavy atom. The summed E-state index contributed by atoms with van der Waals surface area (Å²) >= 11 is 5.95. The van der Waals surface area contributed by atoms with E-state index in [1.165, 1.54) is 17.0 Å². The lowest BCUT2D eigenvalue weighted by Gasteiger charge is -2.34. The third kappa shape index (κ3) is 7.43. The molecule has 4 atom stereocenters. The van der Waals surface area contributed by atoms with Gasteiger partial charge >= 0.3 is 12.1 Å². The van der Waals surface area contributed by atoms with Crippen molar-refractivity contribution in [3.63, 3.8) is 0 Å². The Bertz CT molecular complexity index is 1380. The number of anilines is 1. The van der Waals surface area contributed by atoms with E-state index in [0.29, 0.717) is 41.3 Å². The molecule has 0 spiro atoms. The van der Waals surface area contributed by atoms with E-state index in [1.807, 2.05) is 12.2 Å². The quantitative estimate of drug-likeness (QED) is 0.417. The zero-order valence-electron chi connectivity index (χ0n) is 24.7. The highest BCUT2D eigenvalue weighted by Gasteiger charge is 2.64. The van der Waals surface area contributed by atoms with Gasteiger partial charge in [-0.1, -0.05) is 36.6 Å². The number of urea groups is 1. The second-order valence-corrected chi connectivity index (χ2v) is 14.6. The minimum Gasteiger partial charge on any atom is -0.443 e. The first kappa shape index (κ1) is 32.6. The molecular weight excluding hydrogens is 598 g/mol. The molecule has 12 nitrogen and oxygen atoms in total. The molecule has 1 aromatic carbocycles. The number of carbonyl (C=O) groups is 4. The highest BCUT2D eigenvalue weighted by Crippen LogP contribution is 2.50. The number of hydrogen-bond donors (Lipinski definition) is 3. The van der Waals surface area contributed by atoms with Crippen LogP contribution in [0.25, 0.3) is 0 Å². The van der Waals surface area contributed by atoms with Crippen molar-refractivity contribution >= 4 is 51.3 Å². The fraction of sp³-hybridized carbons (Fsp3) is 0.586. The van der Waals surface area contributed by atoms with Crippen LogP contribution in [-0.4, -0.2) is 71.3 Å². The van der Waals surface area contributed by atoms with Gasteiger partial charge in [0.2, 0.25) is 11.8 Å². The highest BCUT2D eigenvalue weighted by atomic mass is 35.5. The molecule has 0 aromatic heterocycles. The van der Waals surface area contributed by atoms with Crippen molar-refractivity contribution in [2.75, 3.05) is 11.3 Å². The van der Waals surface area contributed by atoms with Crippen molar-refractivity contribution in [1.29, 1.82) is 0 Å². The predicted octanol–water partition coefficient (Wildman–Crippen LogP) is 4.11. The Kier molecular flexibility index (Phi) is 9.65. The molecule has 0 radical (unpaired) electrons. The maximum Gasteiger partial charge on any atom is 0.419 e. The summed E-state index contributed by atoms with van der Waals surface area (Å²) in [4.78, 5) is 53.7. The molecule has 236 valence electrons. The number of primary amides is 1. The van der Waals surface area contributed by atoms with Crippen LogP contribution >= 0.6 is 11.6 Å². The van der Waals surface area contributed by atoms with Crippen LogP contribution in [-0.2, 0) is 24.3 Å². The number of allylic oxidation sites excluding steroid dienone is 1. The monoisotopic (exact) mass is 637 g/mol. The van der Waals surface area contributed by atoms with E-state index in [0.717, 1.165) is 6.42 Å². The SMILES string of the molecule is CC(C)(C)OC(=O)N(C(N)=O)C1CCCCC/C=C\C2CC2(S(=O)(=O)Nc2ccc(Cl)cc2)NC(=O)C2CCCN2C1=O. The molecule has 4 unspecified atom stereocenters. The van der Waals surface area contributed by atoms with Crippen molar-refractivity contribution in [3.8, 4) is 0 Å². The van der Waals surface area contributed by atoms with Crippen LogP contribution in [0.4, 0.5) is 15.3 Å². The van der Waals surface area contributed by atoms with Gasteiger partial charge in [-0.2, -0.15) is 0 Å². The molecule has 43 heavy (non-hydrogen) atoms. The van der Waals surface area contributed by atoms with Crippen LogP contribution < -0.4 is 15.8 Å². The Labute approximate surface area is 257 Å². The van der Waals surface area contributed by atoms with E-state index in [9.17, 15) is 27.6 Å². The Morgan fingerprint density at radius 3 is 2.47 bits per heavy atom. The average molecular weight is 638 g/mol. The molecule has 1 aliphatic carbocycles. The number of nitrogens with zero attached hydrogens (tertiary/aromatic N) is 2. The lowest BCUT2D eigenvalue weighted by atomic mass is 10.0. The van der Waals surface area contributed by atoms with E-state index in [2.05, 4.69) is 10.0 Å². The van der Waals surface area contributed by atoms with Gasteiger partial charge in [-0.15, -0.1) is 0 Å². The van der Waals surface area contributed by atoms with Gasteiger partial charge in [0.05, 0.1) is 0 Å². The zero-order chi connectivity index (χ0) is 31.6. The first-order chi connectivity index (χ1) is 20.1. The number of halogens is 1. The van der Waals surface area contributed by atoms with E-state index in [-0.39, 0.29) is 25.8 Å². The van der Waals surface area contributed by atoms with E-state index < -0.39 is 62.4 Å². The molecule has 2 fully saturated rings. The molecule has 3 aliphatic rings. The smallest absolute Gasteiger partial charge is 0.419 e. The summed E-state index contributed by atoms with van der Waals surface area (Å²) in [6.45, 7) is 5.09. The summed E-state index contributed by atoms with van der Waals surface area (Å²) < 4.78 is 35.4. The number of sulfonamides is 1. The fourth-order valence-electron chi connectivity index (χ4n) is 5.64. The molecule has 5 amide bonds. The van der Waals surface area contributed by atoms with Crippen molar-refractivity contribution in [2.24, 2.45) is 11.7 Å². The fourth-order valence-corrected chi connectivity index (χ4v) is 7.51. The van der Waals surface area contributed by atoms with Gasteiger partial charge in [0.25, 0.3) is 10.0 Å². The topological polar surface area (TPSA) is 168 Å². The van der Waals surface area contributed by atoms with Crippen molar-refractivity contribution in [1.82, 2.24) is 15.1 Å². The van der Waals surface area contributed by atoms with Gasteiger partial charge in [0, 0.05) is 23.2 Å². The molecular formula is C29H40ClN5O7S. The third-order valence-electron chi connectivity index (χ3n) is 7.85. The standard InChI is InChI=1S/C29H40ClN5O7S/c1-28(2,3)42-27(39)35(26(31)38)23-11-8-6-4-5-7-10-19-18-29(19,32-24(36)22-12-9-17-34(22)25(23)37)43(40,41)33-21-15-13-20(30)14-16-21/h7,10,13-16,19,22-23,33H,4-6,8-9,11-12,17-18H2,1-3H3,(H2,31,38)(H,32,36)/b10-7-. The van der Waals surface area contributed by atoms with Gasteiger partial charge in [0.15, 0.2) is 4.87 Å². The number of carbonyl (C=O) groups excluding carboxylic acids is 4. The average Bonchev–Trinajstić information content (AvgIpc) is 3.38. The number of imide groups is 1. The largest absolute Gasteiger partial charge is 0.443 e. The van der Waals surface area contributed by atoms with Crippen LogP contribution in [0.2, 0.25) is 5.02 Å². The second-order valence-electron chi connectivity index (χ2n) is 12.3. The van der Waals surface area contributed by atoms with Crippen LogP contribution in [0.3, 0.4) is 0 Å². The molecule has 2 aliphatic heterocycles. The predicted molar refractivity (Wildman–Crippen MR) is 161 cm³/mol. The van der Waals surface area contributed by atoms with E-state index >= 15 is 0 Å². The Morgan fingerprint density at radius 1 is 1.12 bits per heavy atom. The van der Waals surface area contributed by atoms with Gasteiger partial charge in [-0.25, -0.2) is 22.9 Å². The maximum atomic E-state index is 14.0. The molecule has 1 saturated carbocycles. The molecule has 4 rings (SSSR count). The van der Waals surface area contributed by atoms with Gasteiger partial charge in [-0.3, -0.25) is 14.3 Å². The van der Waals surface area contributed by atoms with Crippen molar-refractivity contribution in [3.05, 3.63) is 41.4 Å². The first-order valence-corrected chi connectivity index (χ1v) is 16.4. The highest BCUT2D eigenvalue weighted by molar-refractivity contribution is 7.94. The Balaban J connectivity index is 1.65. The first-order valence-electron chi connectivity index (χ1n) is 14.5. The Hall–Kier alpha value is -3.32. The number of nitrogens with one attached hydrogen (secondary N) is 2. The summed E-state index contributed by atoms with van der Waals surface area (Å²) in [5, 5.41) is 3.21. The number of benzene rings is 1. The molecule has 14 heteroatoms. The number of nitrogens with two attached hydrogens (primary N) is 1. The molecule has 1 saturated heterocycles. The summed E-state index contributed by atoms with van der Waals surface area (Å²) in [6.07, 6.45) is 6.31. The second kappa shape index (κ2) is 12.7. The van der Waals surface area contributed by atoms with Crippen LogP contribution in [0.15, 0.2) is 36.4 Å². The van der Waals surface area contributed by atoms with Crippen molar-refractivity contribution < 1.29 is 32.3 Å². The van der Waals surface area contributed by atoms with Crippen LogP contribution in [0.5, 0.6) is 0 Å². The third-order valence-corrected chi connectivity index (χ3v) is 10.1. The molecule has 4 N–H and O–H groups in total. The number of hydrogen-bond acceptors (Lipinski definition) is 7. The molecule has 1 aromatic rings. The minimum atomic E-state index is -4.14. The van der Waals surface area contributed by atoms with Crippen LogP contribution in [0, 0.1) is 5.92 Å². The van der Waals surface area contributed by atoms with E-state index in [4.69, 9.17) is 22.1 Å². The van der Waals surface area contributed by atoms with Crippen LogP contribution in [0.1, 0.15) is 72.1 Å². The molecule has 2 heterocycles. The maximum absolute atomic E-state index is 14.0. The summed E-state index contributed by atoms with van der Waals surface area (Å²) in [5.41, 5.74) is 4.95. The lowest BCUT2D eigenvalue weighted by molar-refractivity contribution is -0.142. The van der Waals surface area contributed by atoms with Crippen molar-refractivity contribution in [2.45, 2.75) is 94.7 Å². The van der Waals surface area contributed by atoms with E-state index in [1.54, 1.807) is 32.9 Å². The number of fused-ring (bicyclic) bond motifs is 2. The number of ether oxygens (including phenoxy) is 1. The number of rotatable bonds is 4. The molecule has 0 bridgehead atoms. The number of amides is 5. The summed E-state index contributed by atoms with van der Waals surface area (Å²) in [5.74, 6) is -1.71. The summed E-state index contributed by atoms with van der Waals surface area (Å²) in [7, 11) is -4.14. The van der Waals surface area contributed by atoms with Gasteiger partial charge < -0.3 is 20.7 Å². The summed E-state index contributed by atoms with van der Waals surface area (Å²) in [6, 6.07) is 2.77. The minimum absolute atomic E-state index is 0.140. The lowest BCUT2D eigenvalue weighted by Crippen LogP contribution is -2.59.